The Morgan fingerprint density at radius 2 is 1.68 bits per heavy atom. The van der Waals surface area contributed by atoms with Crippen molar-refractivity contribution >= 4 is 40.5 Å². The topological polar surface area (TPSA) is 102 Å². The molecule has 3 rings (SSSR count). The van der Waals surface area contributed by atoms with E-state index >= 15 is 0 Å². The van der Waals surface area contributed by atoms with Gasteiger partial charge in [0.25, 0.3) is 5.91 Å². The number of carbonyl (C=O) groups excluding carboxylic acids is 2. The number of aryl methyl sites for hydroxylation is 1. The summed E-state index contributed by atoms with van der Waals surface area (Å²) in [5.74, 6) is 0.770. The summed E-state index contributed by atoms with van der Waals surface area (Å²) in [5, 5.41) is 2.62. The molecule has 0 saturated carbocycles. The lowest BCUT2D eigenvalue weighted by atomic mass is 10.0. The van der Waals surface area contributed by atoms with Crippen molar-refractivity contribution in [1.82, 2.24) is 10.3 Å². The van der Waals surface area contributed by atoms with Crippen molar-refractivity contribution < 1.29 is 23.8 Å². The van der Waals surface area contributed by atoms with Crippen LogP contribution in [0, 0.1) is 6.92 Å². The molecular formula is C27H31ClN4O5. The molecule has 0 fully saturated rings. The van der Waals surface area contributed by atoms with Crippen LogP contribution in [0.15, 0.2) is 51.6 Å². The van der Waals surface area contributed by atoms with Crippen LogP contribution in [0.5, 0.6) is 17.2 Å². The van der Waals surface area contributed by atoms with Crippen LogP contribution in [0.1, 0.15) is 36.8 Å². The molecule has 0 bridgehead atoms. The summed E-state index contributed by atoms with van der Waals surface area (Å²) in [6, 6.07) is 6.77. The van der Waals surface area contributed by atoms with Gasteiger partial charge in [-0.2, -0.15) is 0 Å². The van der Waals surface area contributed by atoms with Crippen molar-refractivity contribution in [2.75, 3.05) is 39.3 Å². The van der Waals surface area contributed by atoms with E-state index in [1.165, 1.54) is 39.5 Å². The van der Waals surface area contributed by atoms with Gasteiger partial charge in [-0.1, -0.05) is 11.6 Å². The van der Waals surface area contributed by atoms with E-state index in [1.807, 2.05) is 19.1 Å². The van der Waals surface area contributed by atoms with Crippen LogP contribution >= 0.6 is 11.6 Å². The number of aliphatic imine (C=N–C) groups is 1. The third-order valence-corrected chi connectivity index (χ3v) is 6.44. The van der Waals surface area contributed by atoms with Crippen LogP contribution in [0.3, 0.4) is 0 Å². The molecule has 1 heterocycles. The van der Waals surface area contributed by atoms with E-state index in [-0.39, 0.29) is 16.3 Å². The van der Waals surface area contributed by atoms with E-state index in [4.69, 9.17) is 30.8 Å². The number of benzene rings is 1. The number of Topliss-reactive ketones (excluding diaryl/α,β-unsaturated/α-hetero) is 1. The Kier molecular flexibility index (Phi) is 8.94. The third-order valence-electron chi connectivity index (χ3n) is 5.99. The Hall–Kier alpha value is -3.85. The average Bonchev–Trinajstić information content (AvgIpc) is 2.90. The molecule has 37 heavy (non-hydrogen) atoms. The zero-order chi connectivity index (χ0) is 27.3. The molecule has 0 unspecified atom stereocenters. The van der Waals surface area contributed by atoms with Gasteiger partial charge >= 0.3 is 0 Å². The van der Waals surface area contributed by atoms with Crippen LogP contribution in [0.25, 0.3) is 0 Å². The number of hydrogen-bond acceptors (Lipinski definition) is 8. The number of methoxy groups -OCH3 is 3. The number of aromatic nitrogens is 1. The predicted octanol–water partition coefficient (Wildman–Crippen LogP) is 4.74. The Balaban J connectivity index is 1.97. The molecule has 10 heteroatoms. The maximum Gasteiger partial charge on any atom is 0.256 e. The van der Waals surface area contributed by atoms with Gasteiger partial charge in [-0.05, 0) is 63.6 Å². The highest BCUT2D eigenvalue weighted by Gasteiger charge is 2.26. The Bertz CT molecular complexity index is 1290. The van der Waals surface area contributed by atoms with E-state index in [0.29, 0.717) is 34.2 Å². The number of allylic oxidation sites excluding steroid dienone is 3. The highest BCUT2D eigenvalue weighted by atomic mass is 35.5. The first kappa shape index (κ1) is 27.7. The van der Waals surface area contributed by atoms with Gasteiger partial charge in [-0.3, -0.25) is 9.59 Å². The number of carbonyl (C=O) groups is 2. The second-order valence-corrected chi connectivity index (χ2v) is 8.52. The van der Waals surface area contributed by atoms with Gasteiger partial charge in [0.2, 0.25) is 11.5 Å². The molecule has 1 aromatic heterocycles. The fraction of sp³-hybridized carbons (Fsp3) is 0.333. The van der Waals surface area contributed by atoms with Gasteiger partial charge in [0.05, 0.1) is 49.2 Å². The summed E-state index contributed by atoms with van der Waals surface area (Å²) in [6.07, 6.45) is 1.51. The molecule has 196 valence electrons. The highest BCUT2D eigenvalue weighted by molar-refractivity contribution is 6.49. The number of ketones is 1. The molecule has 9 nitrogen and oxygen atoms in total. The Labute approximate surface area is 221 Å². The minimum absolute atomic E-state index is 0.00141. The second kappa shape index (κ2) is 11.9. The van der Waals surface area contributed by atoms with Crippen molar-refractivity contribution in [3.63, 3.8) is 0 Å². The number of pyridine rings is 1. The Morgan fingerprint density at radius 3 is 2.19 bits per heavy atom. The molecule has 1 amide bonds. The lowest BCUT2D eigenvalue weighted by Crippen LogP contribution is -2.31. The first-order valence-corrected chi connectivity index (χ1v) is 12.1. The van der Waals surface area contributed by atoms with E-state index in [1.54, 1.807) is 6.92 Å². The number of anilines is 1. The lowest BCUT2D eigenvalue weighted by Gasteiger charge is -2.20. The fourth-order valence-electron chi connectivity index (χ4n) is 3.84. The number of rotatable bonds is 9. The largest absolute Gasteiger partial charge is 0.493 e. The molecule has 0 spiro atoms. The minimum atomic E-state index is -0.552. The van der Waals surface area contributed by atoms with Gasteiger partial charge < -0.3 is 24.4 Å². The monoisotopic (exact) mass is 526 g/mol. The predicted molar refractivity (Wildman–Crippen MR) is 145 cm³/mol. The summed E-state index contributed by atoms with van der Waals surface area (Å²) in [5.41, 5.74) is 2.52. The molecule has 1 N–H and O–H groups in total. The maximum absolute atomic E-state index is 13.1. The minimum Gasteiger partial charge on any atom is -0.493 e. The molecule has 0 atom stereocenters. The van der Waals surface area contributed by atoms with Crippen molar-refractivity contribution in [3.05, 3.63) is 57.9 Å². The molecule has 0 saturated heterocycles. The van der Waals surface area contributed by atoms with Gasteiger partial charge in [-0.25, -0.2) is 9.98 Å². The fourth-order valence-corrected chi connectivity index (χ4v) is 4.04. The van der Waals surface area contributed by atoms with Crippen LogP contribution < -0.4 is 24.4 Å². The molecule has 1 aromatic carbocycles. The molecule has 1 aliphatic carbocycles. The van der Waals surface area contributed by atoms with Crippen molar-refractivity contribution in [3.8, 4) is 17.2 Å². The number of ether oxygens (including phenoxy) is 3. The first-order valence-electron chi connectivity index (χ1n) is 11.7. The standard InChI is InChI=1S/C27H31ClN4O5/c1-8-32(9-2)23-11-10-18(16(4)29-23)30-19-14-20(25(33)24(28)15(19)3)31-27(34)17-12-21(35-5)26(37-7)22(13-17)36-6/h10-14H,8-9H2,1-7H3,(H,31,34)/b30-19+. The summed E-state index contributed by atoms with van der Waals surface area (Å²) >= 11 is 6.36. The molecule has 1 aliphatic rings. The normalized spacial score (nSPS) is 14.4. The summed E-state index contributed by atoms with van der Waals surface area (Å²) in [4.78, 5) is 37.5. The van der Waals surface area contributed by atoms with Crippen LogP contribution in [-0.4, -0.2) is 56.8 Å². The van der Waals surface area contributed by atoms with Crippen LogP contribution in [0.4, 0.5) is 11.5 Å². The number of amides is 1. The zero-order valence-corrected chi connectivity index (χ0v) is 22.8. The smallest absolute Gasteiger partial charge is 0.256 e. The van der Waals surface area contributed by atoms with Crippen molar-refractivity contribution in [1.29, 1.82) is 0 Å². The first-order chi connectivity index (χ1) is 17.7. The van der Waals surface area contributed by atoms with Gasteiger partial charge in [-0.15, -0.1) is 0 Å². The van der Waals surface area contributed by atoms with Crippen LogP contribution in [-0.2, 0) is 4.79 Å². The molecule has 0 aliphatic heterocycles. The summed E-state index contributed by atoms with van der Waals surface area (Å²) in [7, 11) is 4.37. The second-order valence-electron chi connectivity index (χ2n) is 8.14. The van der Waals surface area contributed by atoms with Crippen molar-refractivity contribution in [2.45, 2.75) is 27.7 Å². The molecular weight excluding hydrogens is 496 g/mol. The van der Waals surface area contributed by atoms with Gasteiger partial charge in [0.1, 0.15) is 5.82 Å². The van der Waals surface area contributed by atoms with E-state index in [2.05, 4.69) is 29.0 Å². The average molecular weight is 527 g/mol. The summed E-state index contributed by atoms with van der Waals surface area (Å²) < 4.78 is 15.9. The lowest BCUT2D eigenvalue weighted by molar-refractivity contribution is -0.112. The van der Waals surface area contributed by atoms with E-state index < -0.39 is 11.7 Å². The zero-order valence-electron chi connectivity index (χ0n) is 22.1. The number of nitrogens with zero attached hydrogens (tertiary/aromatic N) is 3. The number of halogens is 1. The van der Waals surface area contributed by atoms with E-state index in [0.717, 1.165) is 24.6 Å². The maximum atomic E-state index is 13.1. The summed E-state index contributed by atoms with van der Waals surface area (Å²) in [6.45, 7) is 9.41. The highest BCUT2D eigenvalue weighted by Crippen LogP contribution is 2.38. The van der Waals surface area contributed by atoms with Crippen molar-refractivity contribution in [2.24, 2.45) is 4.99 Å². The molecule has 0 radical (unpaired) electrons. The molecule has 2 aromatic rings. The third kappa shape index (κ3) is 5.77. The van der Waals surface area contributed by atoms with Gasteiger partial charge in [0, 0.05) is 18.7 Å². The van der Waals surface area contributed by atoms with E-state index in [9.17, 15) is 9.59 Å². The SMILES string of the molecule is CCN(CC)c1ccc(/N=C2\C=C(NC(=O)c3cc(OC)c(OC)c(OC)c3)C(=O)C(Cl)=C2C)c(C)n1. The van der Waals surface area contributed by atoms with Gasteiger partial charge in [0.15, 0.2) is 11.5 Å². The number of nitrogens with one attached hydrogen (secondary N) is 1. The van der Waals surface area contributed by atoms with Crippen LogP contribution in [0.2, 0.25) is 0 Å². The number of hydrogen-bond donors (Lipinski definition) is 1. The quantitative estimate of drug-likeness (QED) is 0.470. The Morgan fingerprint density at radius 1 is 1.05 bits per heavy atom.